The SMILES string of the molecule is CS(=O)(=O)NCc1csc2c1S(=O)(=O)N=C(C1C(=O)[C@@H]3[C@@H]4CC[C@@H](C4)[C@@H]3N(Cc3ccsc3)C1=O)N2. The van der Waals surface area contributed by atoms with Gasteiger partial charge < -0.3 is 10.2 Å². The molecule has 10 nitrogen and oxygen atoms in total. The van der Waals surface area contributed by atoms with Crippen LogP contribution in [0, 0.1) is 23.7 Å². The molecule has 5 atom stereocenters. The minimum absolute atomic E-state index is 0.129. The van der Waals surface area contributed by atoms with Gasteiger partial charge in [-0.2, -0.15) is 19.8 Å². The lowest BCUT2D eigenvalue weighted by atomic mass is 9.73. The summed E-state index contributed by atoms with van der Waals surface area (Å²) >= 11 is 2.61. The van der Waals surface area contributed by atoms with Crippen molar-refractivity contribution in [2.24, 2.45) is 28.1 Å². The number of rotatable bonds is 6. The Hall–Kier alpha value is -2.13. The van der Waals surface area contributed by atoms with Gasteiger partial charge in [0.15, 0.2) is 11.7 Å². The molecular formula is C22H24N4O6S4. The number of hydrogen-bond acceptors (Lipinski definition) is 9. The van der Waals surface area contributed by atoms with E-state index in [0.717, 1.165) is 42.4 Å². The third-order valence-corrected chi connectivity index (χ3v) is 11.5. The van der Waals surface area contributed by atoms with Gasteiger partial charge in [-0.15, -0.1) is 15.7 Å². The summed E-state index contributed by atoms with van der Waals surface area (Å²) in [5, 5.41) is 8.63. The second kappa shape index (κ2) is 8.45. The van der Waals surface area contributed by atoms with E-state index >= 15 is 0 Å². The zero-order valence-electron chi connectivity index (χ0n) is 19.2. The summed E-state index contributed by atoms with van der Waals surface area (Å²) in [7, 11) is -7.80. The van der Waals surface area contributed by atoms with Crippen LogP contribution in [-0.2, 0) is 42.7 Å². The highest BCUT2D eigenvalue weighted by molar-refractivity contribution is 7.91. The fraction of sp³-hybridized carbons (Fsp3) is 0.500. The minimum Gasteiger partial charge on any atom is -0.333 e. The number of piperidine rings is 1. The number of Topliss-reactive ketones (excluding diaryl/α,β-unsaturated/α-hetero) is 1. The predicted molar refractivity (Wildman–Crippen MR) is 136 cm³/mol. The van der Waals surface area contributed by atoms with Crippen molar-refractivity contribution >= 4 is 65.2 Å². The van der Waals surface area contributed by atoms with E-state index in [2.05, 4.69) is 14.4 Å². The maximum Gasteiger partial charge on any atom is 0.287 e. The highest BCUT2D eigenvalue weighted by atomic mass is 32.2. The topological polar surface area (TPSA) is 142 Å². The second-order valence-electron chi connectivity index (χ2n) is 9.87. The van der Waals surface area contributed by atoms with Gasteiger partial charge in [0, 0.05) is 30.6 Å². The molecule has 1 saturated heterocycles. The highest BCUT2D eigenvalue weighted by Gasteiger charge is 2.60. The van der Waals surface area contributed by atoms with Crippen molar-refractivity contribution in [2.45, 2.75) is 43.3 Å². The molecule has 2 saturated carbocycles. The van der Waals surface area contributed by atoms with E-state index in [1.54, 1.807) is 4.90 Å². The van der Waals surface area contributed by atoms with Crippen LogP contribution in [0.3, 0.4) is 0 Å². The zero-order valence-corrected chi connectivity index (χ0v) is 22.5. The molecule has 2 aliphatic heterocycles. The van der Waals surface area contributed by atoms with Crippen LogP contribution in [0.15, 0.2) is 31.5 Å². The summed E-state index contributed by atoms with van der Waals surface area (Å²) in [6, 6.07) is 1.79. The highest BCUT2D eigenvalue weighted by Crippen LogP contribution is 2.54. The van der Waals surface area contributed by atoms with E-state index in [-0.39, 0.29) is 57.4 Å². The van der Waals surface area contributed by atoms with Crippen LogP contribution in [0.4, 0.5) is 5.00 Å². The van der Waals surface area contributed by atoms with E-state index in [1.807, 2.05) is 16.8 Å². The minimum atomic E-state index is -4.26. The lowest BCUT2D eigenvalue weighted by molar-refractivity contribution is -0.153. The third kappa shape index (κ3) is 3.93. The summed E-state index contributed by atoms with van der Waals surface area (Å²) in [6.45, 7) is 0.168. The third-order valence-electron chi connectivity index (χ3n) is 7.64. The van der Waals surface area contributed by atoms with E-state index in [0.29, 0.717) is 6.54 Å². The Balaban J connectivity index is 1.36. The molecule has 2 aromatic heterocycles. The van der Waals surface area contributed by atoms with Crippen LogP contribution >= 0.6 is 22.7 Å². The molecule has 2 aromatic rings. The number of ketones is 1. The van der Waals surface area contributed by atoms with E-state index in [9.17, 15) is 26.4 Å². The molecule has 2 aliphatic carbocycles. The standard InChI is InChI=1S/C22H24N4O6S4/c1-35(29,30)23-7-14-10-34-21-19(14)36(31,32)25-20(24-21)16-18(27)15-12-2-3-13(6-12)17(15)26(22(16)28)8-11-4-5-33-9-11/h4-5,9-10,12-13,15-17,23H,2-3,6-8H2,1H3,(H,24,25)/t12-,13+,15-,16?,17+/m1/s1. The first-order chi connectivity index (χ1) is 17.0. The van der Waals surface area contributed by atoms with Crippen molar-refractivity contribution in [1.29, 1.82) is 0 Å². The molecule has 3 fully saturated rings. The van der Waals surface area contributed by atoms with E-state index in [1.165, 1.54) is 16.7 Å². The summed E-state index contributed by atoms with van der Waals surface area (Å²) in [5.41, 5.74) is 1.24. The predicted octanol–water partition coefficient (Wildman–Crippen LogP) is 2.01. The summed E-state index contributed by atoms with van der Waals surface area (Å²) in [6.07, 6.45) is 3.83. The number of likely N-dealkylation sites (tertiary alicyclic amines) is 1. The quantitative estimate of drug-likeness (QED) is 0.508. The smallest absolute Gasteiger partial charge is 0.287 e. The van der Waals surface area contributed by atoms with Gasteiger partial charge in [0.05, 0.1) is 6.26 Å². The molecule has 36 heavy (non-hydrogen) atoms. The number of nitrogens with zero attached hydrogens (tertiary/aromatic N) is 2. The number of carbonyl (C=O) groups is 2. The second-order valence-corrected chi connectivity index (χ2v) is 14.9. The van der Waals surface area contributed by atoms with Crippen molar-refractivity contribution in [1.82, 2.24) is 9.62 Å². The van der Waals surface area contributed by atoms with Gasteiger partial charge in [0.2, 0.25) is 15.9 Å². The Morgan fingerprint density at radius 1 is 1.22 bits per heavy atom. The van der Waals surface area contributed by atoms with Crippen LogP contribution in [0.25, 0.3) is 0 Å². The molecule has 0 radical (unpaired) electrons. The van der Waals surface area contributed by atoms with Gasteiger partial charge in [-0.05, 0) is 58.9 Å². The van der Waals surface area contributed by atoms with Crippen molar-refractivity contribution in [2.75, 3.05) is 11.6 Å². The average molecular weight is 569 g/mol. The van der Waals surface area contributed by atoms with Crippen molar-refractivity contribution in [3.8, 4) is 0 Å². The van der Waals surface area contributed by atoms with Crippen LogP contribution < -0.4 is 10.0 Å². The molecule has 14 heteroatoms. The van der Waals surface area contributed by atoms with Gasteiger partial charge in [-0.3, -0.25) is 9.59 Å². The van der Waals surface area contributed by atoms with Crippen LogP contribution in [-0.4, -0.2) is 51.6 Å². The lowest BCUT2D eigenvalue weighted by Gasteiger charge is -2.45. The van der Waals surface area contributed by atoms with Gasteiger partial charge in [0.25, 0.3) is 10.0 Å². The largest absolute Gasteiger partial charge is 0.333 e. The number of thiophene rings is 2. The Bertz CT molecular complexity index is 1490. The van der Waals surface area contributed by atoms with Crippen molar-refractivity contribution in [3.05, 3.63) is 33.3 Å². The molecule has 4 aliphatic rings. The van der Waals surface area contributed by atoms with Gasteiger partial charge in [-0.1, -0.05) is 0 Å². The van der Waals surface area contributed by atoms with Gasteiger partial charge in [0.1, 0.15) is 15.7 Å². The monoisotopic (exact) mass is 568 g/mol. The molecule has 0 spiro atoms. The molecule has 1 amide bonds. The first-order valence-electron chi connectivity index (χ1n) is 11.6. The van der Waals surface area contributed by atoms with Gasteiger partial charge in [-0.25, -0.2) is 13.1 Å². The van der Waals surface area contributed by atoms with Crippen LogP contribution in [0.5, 0.6) is 0 Å². The summed E-state index contributed by atoms with van der Waals surface area (Å²) in [4.78, 5) is 29.3. The average Bonchev–Trinajstić information content (AvgIpc) is 3.58. The van der Waals surface area contributed by atoms with Crippen LogP contribution in [0.1, 0.15) is 30.4 Å². The number of hydrogen-bond donors (Lipinski definition) is 2. The number of fused-ring (bicyclic) bond motifs is 6. The number of carbonyl (C=O) groups excluding carboxylic acids is 2. The van der Waals surface area contributed by atoms with Crippen molar-refractivity contribution < 1.29 is 26.4 Å². The Labute approximate surface area is 216 Å². The molecule has 6 rings (SSSR count). The van der Waals surface area contributed by atoms with Gasteiger partial charge >= 0.3 is 0 Å². The molecule has 4 heterocycles. The Morgan fingerprint density at radius 3 is 2.72 bits per heavy atom. The van der Waals surface area contributed by atoms with Crippen LogP contribution in [0.2, 0.25) is 0 Å². The van der Waals surface area contributed by atoms with E-state index in [4.69, 9.17) is 0 Å². The Kier molecular flexibility index (Phi) is 5.68. The first-order valence-corrected chi connectivity index (χ1v) is 16.7. The fourth-order valence-electron chi connectivity index (χ4n) is 6.27. The molecule has 192 valence electrons. The lowest BCUT2D eigenvalue weighted by Crippen LogP contribution is -2.61. The number of sulfonamides is 2. The molecule has 2 N–H and O–H groups in total. The molecule has 0 aromatic carbocycles. The molecular weight excluding hydrogens is 545 g/mol. The van der Waals surface area contributed by atoms with E-state index < -0.39 is 31.9 Å². The number of amides is 1. The summed E-state index contributed by atoms with van der Waals surface area (Å²) in [5.74, 6) is -1.99. The fourth-order valence-corrected chi connectivity index (χ4v) is 10.00. The maximum absolute atomic E-state index is 13.8. The Morgan fingerprint density at radius 2 is 2.00 bits per heavy atom. The molecule has 1 unspecified atom stereocenters. The number of amidine groups is 1. The summed E-state index contributed by atoms with van der Waals surface area (Å²) < 4.78 is 55.6. The maximum atomic E-state index is 13.8. The molecule has 2 bridgehead atoms. The van der Waals surface area contributed by atoms with Crippen molar-refractivity contribution in [3.63, 3.8) is 0 Å². The zero-order chi connectivity index (χ0) is 25.4. The normalized spacial score (nSPS) is 30.6. The number of nitrogens with one attached hydrogen (secondary N) is 2. The number of anilines is 1. The first kappa shape index (κ1) is 24.2.